The molecular weight excluding hydrogens is 296 g/mol. The van der Waals surface area contributed by atoms with E-state index in [0.717, 1.165) is 0 Å². The fraction of sp³-hybridized carbons (Fsp3) is 0.545. The van der Waals surface area contributed by atoms with E-state index >= 15 is 0 Å². The van der Waals surface area contributed by atoms with Gasteiger partial charge >= 0.3 is 0 Å². The number of rotatable bonds is 0. The number of hydrogen-bond acceptors (Lipinski definition) is 5. The van der Waals surface area contributed by atoms with Crippen molar-refractivity contribution in [3.63, 3.8) is 0 Å². The highest BCUT2D eigenvalue weighted by Gasteiger charge is 2.35. The van der Waals surface area contributed by atoms with Gasteiger partial charge in [-0.25, -0.2) is 18.6 Å². The third-order valence-electron chi connectivity index (χ3n) is 2.42. The first-order valence-electron chi connectivity index (χ1n) is 5.22. The van der Waals surface area contributed by atoms with Crippen molar-refractivity contribution < 1.29 is 28.9 Å². The van der Waals surface area contributed by atoms with Gasteiger partial charge in [0.1, 0.15) is 0 Å². The molecule has 0 radical (unpaired) electrons. The molecule has 0 aromatic rings. The van der Waals surface area contributed by atoms with Gasteiger partial charge in [-0.15, -0.1) is 10.2 Å². The minimum Gasteiger partial charge on any atom is -0.222 e. The molecule has 0 N–H and O–H groups in total. The number of allylic oxidation sites excluding steroid dienone is 2. The van der Waals surface area contributed by atoms with Crippen molar-refractivity contribution in [3.8, 4) is 0 Å². The molecule has 0 saturated carbocycles. The van der Waals surface area contributed by atoms with Gasteiger partial charge in [0.25, 0.3) is 0 Å². The van der Waals surface area contributed by atoms with Crippen molar-refractivity contribution in [3.05, 3.63) is 23.8 Å². The molecule has 102 valence electrons. The molecule has 1 aliphatic heterocycles. The minimum atomic E-state index is -4.94. The second-order valence-corrected chi connectivity index (χ2v) is 8.07. The zero-order valence-corrected chi connectivity index (χ0v) is 12.7. The van der Waals surface area contributed by atoms with Gasteiger partial charge < -0.3 is 0 Å². The lowest BCUT2D eigenvalue weighted by atomic mass is 9.83. The normalized spacial score (nSPS) is 26.3. The summed E-state index contributed by atoms with van der Waals surface area (Å²) in [6.45, 7) is 6.83. The Labute approximate surface area is 117 Å². The molecule has 1 heterocycles. The van der Waals surface area contributed by atoms with E-state index < -0.39 is 10.2 Å². The average Bonchev–Trinajstić information content (AvgIpc) is 2.59. The second-order valence-electron chi connectivity index (χ2n) is 4.91. The first-order chi connectivity index (χ1) is 8.07. The summed E-state index contributed by atoms with van der Waals surface area (Å²) in [6.07, 6.45) is 7.09. The highest BCUT2D eigenvalue weighted by atomic mass is 35.7. The first-order valence-corrected chi connectivity index (χ1v) is 8.34. The molecule has 4 nitrogen and oxygen atoms in total. The van der Waals surface area contributed by atoms with Crippen LogP contribution < -0.4 is 18.6 Å². The van der Waals surface area contributed by atoms with Crippen molar-refractivity contribution >= 4 is 27.8 Å². The maximum absolute atomic E-state index is 8.49. The van der Waals surface area contributed by atoms with Crippen LogP contribution in [-0.2, 0) is 11.4 Å². The smallest absolute Gasteiger partial charge is 0.222 e. The predicted molar refractivity (Wildman–Crippen MR) is 65.3 cm³/mol. The predicted octanol–water partition coefficient (Wildman–Crippen LogP) is -1.90. The zero-order chi connectivity index (χ0) is 14.0. The van der Waals surface area contributed by atoms with Gasteiger partial charge in [-0.1, -0.05) is 44.7 Å². The fourth-order valence-electron chi connectivity index (χ4n) is 1.54. The molecule has 2 aliphatic rings. The highest BCUT2D eigenvalue weighted by molar-refractivity contribution is 8.23. The summed E-state index contributed by atoms with van der Waals surface area (Å²) in [7, 11) is -4.94. The Bertz CT molecular complexity index is 373. The van der Waals surface area contributed by atoms with E-state index in [0.29, 0.717) is 15.9 Å². The molecule has 0 spiro atoms. The molecule has 0 bridgehead atoms. The molecule has 0 aromatic carbocycles. The first kappa shape index (κ1) is 16.1. The van der Waals surface area contributed by atoms with Crippen LogP contribution >= 0.6 is 11.8 Å². The number of thioether (sulfide) groups is 1. The monoisotopic (exact) mass is 310 g/mol. The van der Waals surface area contributed by atoms with Crippen LogP contribution in [-0.4, -0.2) is 15.2 Å². The molecule has 18 heavy (non-hydrogen) atoms. The van der Waals surface area contributed by atoms with Crippen molar-refractivity contribution in [2.24, 2.45) is 5.41 Å². The van der Waals surface area contributed by atoms with Gasteiger partial charge in [0.2, 0.25) is 9.95 Å². The summed E-state index contributed by atoms with van der Waals surface area (Å²) in [5, 5.41) is 1.38. The maximum Gasteiger partial charge on any atom is 0.224 e. The van der Waals surface area contributed by atoms with Gasteiger partial charge in [0, 0.05) is 0 Å². The minimum absolute atomic E-state index is 0.301. The van der Waals surface area contributed by atoms with Crippen molar-refractivity contribution in [1.82, 2.24) is 0 Å². The van der Waals surface area contributed by atoms with Crippen molar-refractivity contribution in [1.29, 1.82) is 0 Å². The van der Waals surface area contributed by atoms with Crippen LogP contribution in [0, 0.1) is 15.7 Å². The number of hydrogen-bond donors (Lipinski definition) is 0. The van der Waals surface area contributed by atoms with Crippen molar-refractivity contribution in [2.75, 3.05) is 0 Å². The average molecular weight is 311 g/mol. The molecule has 1 aliphatic carbocycles. The fourth-order valence-corrected chi connectivity index (χ4v) is 4.08. The lowest BCUT2D eigenvalue weighted by Crippen LogP contribution is -2.68. The van der Waals surface area contributed by atoms with E-state index in [1.807, 2.05) is 23.1 Å². The van der Waals surface area contributed by atoms with E-state index in [1.54, 1.807) is 0 Å². The molecule has 0 aromatic heterocycles. The van der Waals surface area contributed by atoms with E-state index in [4.69, 9.17) is 18.6 Å². The molecule has 7 heteroatoms. The number of halogens is 1. The summed E-state index contributed by atoms with van der Waals surface area (Å²) in [5.41, 5.74) is 1.78. The van der Waals surface area contributed by atoms with E-state index in [2.05, 4.69) is 43.7 Å². The Morgan fingerprint density at radius 3 is 2.28 bits per heavy atom. The van der Waals surface area contributed by atoms with Crippen LogP contribution in [0.5, 0.6) is 0 Å². The lowest BCUT2D eigenvalue weighted by Gasteiger charge is -2.24. The summed E-state index contributed by atoms with van der Waals surface area (Å²) >= 11 is 3.90. The van der Waals surface area contributed by atoms with Gasteiger partial charge in [0.15, 0.2) is 11.4 Å². The Kier molecular flexibility index (Phi) is 5.37. The van der Waals surface area contributed by atoms with Gasteiger partial charge in [-0.2, -0.15) is 0 Å². The van der Waals surface area contributed by atoms with Crippen molar-refractivity contribution in [2.45, 2.75) is 31.3 Å². The largest absolute Gasteiger partial charge is 0.224 e. The van der Waals surface area contributed by atoms with Crippen LogP contribution in [0.4, 0.5) is 0 Å². The van der Waals surface area contributed by atoms with Gasteiger partial charge in [0.05, 0.1) is 5.25 Å². The molecule has 2 unspecified atom stereocenters. The van der Waals surface area contributed by atoms with Crippen LogP contribution in [0.15, 0.2) is 23.8 Å². The van der Waals surface area contributed by atoms with E-state index in [-0.39, 0.29) is 0 Å². The molecule has 0 saturated heterocycles. The van der Waals surface area contributed by atoms with E-state index in [9.17, 15) is 0 Å². The Balaban J connectivity index is 0.000000280. The SMILES string of the molecule is CC(C)(C)C1=CC2SC=[S+]C2C=C1.[O-][Cl+3]([O-])([O-])[O-]. The zero-order valence-electron chi connectivity index (χ0n) is 10.3. The van der Waals surface area contributed by atoms with E-state index in [1.165, 1.54) is 5.57 Å². The van der Waals surface area contributed by atoms with Crippen LogP contribution in [0.1, 0.15) is 20.8 Å². The molecular formula is C11H15ClO4S2. The second kappa shape index (κ2) is 6.00. The third kappa shape index (κ3) is 5.79. The molecule has 2 atom stereocenters. The van der Waals surface area contributed by atoms with Crippen LogP contribution in [0.2, 0.25) is 0 Å². The maximum atomic E-state index is 8.49. The molecule has 2 rings (SSSR count). The van der Waals surface area contributed by atoms with Gasteiger partial charge in [-0.05, 0) is 17.1 Å². The summed E-state index contributed by atoms with van der Waals surface area (Å²) < 4.78 is 36.2. The number of fused-ring (bicyclic) bond motifs is 1. The third-order valence-corrected chi connectivity index (χ3v) is 4.99. The van der Waals surface area contributed by atoms with Gasteiger partial charge in [-0.3, -0.25) is 0 Å². The Morgan fingerprint density at radius 2 is 1.78 bits per heavy atom. The molecule has 0 amide bonds. The summed E-state index contributed by atoms with van der Waals surface area (Å²) in [5.74, 6) is 0. The lowest BCUT2D eigenvalue weighted by molar-refractivity contribution is -2.00. The summed E-state index contributed by atoms with van der Waals surface area (Å²) in [6, 6.07) is 0. The quantitative estimate of drug-likeness (QED) is 0.385. The highest BCUT2D eigenvalue weighted by Crippen LogP contribution is 2.34. The molecule has 0 fully saturated rings. The topological polar surface area (TPSA) is 92.2 Å². The Hall–Kier alpha value is 0.0500. The standard InChI is InChI=1S/C11H15S2.ClHO4/c1-11(2,3)8-4-5-9-10(6-8)13-7-12-9;2-1(3,4)5/h4-7,9-10H,1-3H3;(H,2,3,4,5)/q+1;/p-1. The van der Waals surface area contributed by atoms with Crippen LogP contribution in [0.3, 0.4) is 0 Å². The Morgan fingerprint density at radius 1 is 1.22 bits per heavy atom. The van der Waals surface area contributed by atoms with Crippen LogP contribution in [0.25, 0.3) is 0 Å². The summed E-state index contributed by atoms with van der Waals surface area (Å²) in [4.78, 5) is 0.